The molecule has 1 N–H and O–H groups in total. The Labute approximate surface area is 141 Å². The molecule has 3 rings (SSSR count). The van der Waals surface area contributed by atoms with Crippen molar-refractivity contribution in [2.45, 2.75) is 11.4 Å². The van der Waals surface area contributed by atoms with E-state index in [-0.39, 0.29) is 17.8 Å². The summed E-state index contributed by atoms with van der Waals surface area (Å²) in [5.41, 5.74) is 0.587. The van der Waals surface area contributed by atoms with Crippen LogP contribution in [0.3, 0.4) is 0 Å². The van der Waals surface area contributed by atoms with Crippen molar-refractivity contribution >= 4 is 34.3 Å². The largest absolute Gasteiger partial charge is 0.325 e. The molecular weight excluding hydrogens is 329 g/mol. The lowest BCUT2D eigenvalue weighted by Gasteiger charge is -2.08. The maximum absolute atomic E-state index is 13.3. The van der Waals surface area contributed by atoms with E-state index in [1.165, 1.54) is 18.5 Å². The molecule has 7 heteroatoms. The summed E-state index contributed by atoms with van der Waals surface area (Å²) in [5.74, 6) is -0.871. The summed E-state index contributed by atoms with van der Waals surface area (Å²) in [5, 5.41) is 2.87. The molecule has 5 nitrogen and oxygen atoms in total. The lowest BCUT2D eigenvalue weighted by Crippen LogP contribution is -2.27. The summed E-state index contributed by atoms with van der Waals surface area (Å²) in [7, 11) is 0. The zero-order chi connectivity index (χ0) is 17.1. The lowest BCUT2D eigenvalue weighted by molar-refractivity contribution is -0.116. The van der Waals surface area contributed by atoms with Gasteiger partial charge in [-0.2, -0.15) is 0 Å². The molecule has 0 radical (unpaired) electrons. The van der Waals surface area contributed by atoms with Gasteiger partial charge in [-0.25, -0.2) is 9.37 Å². The molecule has 0 saturated carbocycles. The third-order valence-electron chi connectivity index (χ3n) is 3.47. The summed E-state index contributed by atoms with van der Waals surface area (Å²) in [6.45, 7) is -0.192. The smallest absolute Gasteiger partial charge is 0.261 e. The molecule has 0 atom stereocenters. The van der Waals surface area contributed by atoms with E-state index < -0.39 is 11.4 Å². The van der Waals surface area contributed by atoms with Gasteiger partial charge in [0.15, 0.2) is 0 Å². The Bertz CT molecular complexity index is 954. The Balaban J connectivity index is 1.79. The highest BCUT2D eigenvalue weighted by atomic mass is 32.2. The first-order chi connectivity index (χ1) is 11.6. The van der Waals surface area contributed by atoms with E-state index in [1.54, 1.807) is 23.9 Å². The molecule has 3 aromatic rings. The Hall–Kier alpha value is -2.67. The summed E-state index contributed by atoms with van der Waals surface area (Å²) < 4.78 is 14.5. The molecule has 0 aliphatic carbocycles. The van der Waals surface area contributed by atoms with Crippen LogP contribution >= 0.6 is 11.8 Å². The number of anilines is 1. The third-order valence-corrected chi connectivity index (χ3v) is 4.22. The van der Waals surface area contributed by atoms with Crippen LogP contribution in [0.15, 0.2) is 58.5 Å². The first-order valence-electron chi connectivity index (χ1n) is 7.15. The van der Waals surface area contributed by atoms with Crippen molar-refractivity contribution in [3.63, 3.8) is 0 Å². The molecule has 0 fully saturated rings. The van der Waals surface area contributed by atoms with Crippen molar-refractivity contribution in [3.05, 3.63) is 65.0 Å². The van der Waals surface area contributed by atoms with Crippen molar-refractivity contribution in [2.75, 3.05) is 11.6 Å². The van der Waals surface area contributed by atoms with Crippen LogP contribution in [-0.4, -0.2) is 21.7 Å². The van der Waals surface area contributed by atoms with Gasteiger partial charge in [-0.05, 0) is 48.7 Å². The minimum absolute atomic E-state index is 0.148. The average molecular weight is 343 g/mol. The summed E-state index contributed by atoms with van der Waals surface area (Å²) >= 11 is 1.61. The molecular formula is C17H14FN3O2S. The Morgan fingerprint density at radius 2 is 2.00 bits per heavy atom. The number of aromatic nitrogens is 2. The number of fused-ring (bicyclic) bond motifs is 1. The molecule has 0 aliphatic heterocycles. The predicted octanol–water partition coefficient (Wildman–Crippen LogP) is 2.90. The van der Waals surface area contributed by atoms with Gasteiger partial charge in [-0.3, -0.25) is 14.2 Å². The maximum atomic E-state index is 13.3. The van der Waals surface area contributed by atoms with Crippen LogP contribution in [0.25, 0.3) is 10.9 Å². The molecule has 1 aromatic heterocycles. The second-order valence-electron chi connectivity index (χ2n) is 5.12. The number of rotatable bonds is 4. The van der Waals surface area contributed by atoms with Crippen LogP contribution < -0.4 is 10.9 Å². The minimum atomic E-state index is -0.516. The third kappa shape index (κ3) is 3.46. The normalized spacial score (nSPS) is 10.8. The average Bonchev–Trinajstić information content (AvgIpc) is 2.58. The highest BCUT2D eigenvalue weighted by Gasteiger charge is 2.09. The molecule has 1 heterocycles. The Morgan fingerprint density at radius 1 is 1.25 bits per heavy atom. The molecule has 0 spiro atoms. The van der Waals surface area contributed by atoms with Crippen molar-refractivity contribution in [2.24, 2.45) is 0 Å². The van der Waals surface area contributed by atoms with Gasteiger partial charge in [-0.1, -0.05) is 0 Å². The van der Waals surface area contributed by atoms with E-state index >= 15 is 0 Å². The van der Waals surface area contributed by atoms with E-state index in [1.807, 2.05) is 18.4 Å². The van der Waals surface area contributed by atoms with Crippen LogP contribution in [0, 0.1) is 5.82 Å². The number of amides is 1. The van der Waals surface area contributed by atoms with Crippen molar-refractivity contribution in [1.29, 1.82) is 0 Å². The molecule has 2 aromatic carbocycles. The molecule has 24 heavy (non-hydrogen) atoms. The predicted molar refractivity (Wildman–Crippen MR) is 92.8 cm³/mol. The Morgan fingerprint density at radius 3 is 2.71 bits per heavy atom. The number of carbonyl (C=O) groups excluding carboxylic acids is 1. The van der Waals surface area contributed by atoms with Crippen LogP contribution in [0.1, 0.15) is 0 Å². The maximum Gasteiger partial charge on any atom is 0.261 e. The van der Waals surface area contributed by atoms with Gasteiger partial charge < -0.3 is 5.32 Å². The van der Waals surface area contributed by atoms with Gasteiger partial charge in [0.25, 0.3) is 5.56 Å². The first-order valence-corrected chi connectivity index (χ1v) is 8.38. The first kappa shape index (κ1) is 16.2. The number of nitrogens with one attached hydrogen (secondary N) is 1. The number of hydrogen-bond donors (Lipinski definition) is 1. The fourth-order valence-corrected chi connectivity index (χ4v) is 2.68. The van der Waals surface area contributed by atoms with E-state index in [2.05, 4.69) is 10.3 Å². The number of halogens is 1. The topological polar surface area (TPSA) is 64.0 Å². The fourth-order valence-electron chi connectivity index (χ4n) is 2.27. The second kappa shape index (κ2) is 6.84. The van der Waals surface area contributed by atoms with Crippen LogP contribution in [0.5, 0.6) is 0 Å². The molecule has 0 aliphatic rings. The number of nitrogens with zero attached hydrogens (tertiary/aromatic N) is 2. The van der Waals surface area contributed by atoms with E-state index in [9.17, 15) is 14.0 Å². The molecule has 0 saturated heterocycles. The second-order valence-corrected chi connectivity index (χ2v) is 6.00. The standard InChI is InChI=1S/C17H14FN3O2S/c1-24-13-5-3-12(4-6-13)20-16(22)9-21-10-19-15-7-2-11(18)8-14(15)17(21)23/h2-8,10H,9H2,1H3,(H,20,22). The van der Waals surface area contributed by atoms with Crippen molar-refractivity contribution in [1.82, 2.24) is 9.55 Å². The van der Waals surface area contributed by atoms with Gasteiger partial charge in [0, 0.05) is 10.6 Å². The van der Waals surface area contributed by atoms with Gasteiger partial charge in [0.2, 0.25) is 5.91 Å². The summed E-state index contributed by atoms with van der Waals surface area (Å²) in [6.07, 6.45) is 3.26. The zero-order valence-electron chi connectivity index (χ0n) is 12.8. The molecule has 1 amide bonds. The Kier molecular flexibility index (Phi) is 4.61. The number of thioether (sulfide) groups is 1. The number of hydrogen-bond acceptors (Lipinski definition) is 4. The molecule has 122 valence electrons. The van der Waals surface area contributed by atoms with Crippen LogP contribution in [0.4, 0.5) is 10.1 Å². The molecule has 0 unspecified atom stereocenters. The minimum Gasteiger partial charge on any atom is -0.325 e. The quantitative estimate of drug-likeness (QED) is 0.740. The lowest BCUT2D eigenvalue weighted by atomic mass is 10.2. The SMILES string of the molecule is CSc1ccc(NC(=O)Cn2cnc3ccc(F)cc3c2=O)cc1. The van der Waals surface area contributed by atoms with Crippen LogP contribution in [0.2, 0.25) is 0 Å². The number of carbonyl (C=O) groups is 1. The van der Waals surface area contributed by atoms with Crippen molar-refractivity contribution in [3.8, 4) is 0 Å². The van der Waals surface area contributed by atoms with Gasteiger partial charge in [0.05, 0.1) is 17.2 Å². The van der Waals surface area contributed by atoms with Crippen LogP contribution in [-0.2, 0) is 11.3 Å². The fraction of sp³-hybridized carbons (Fsp3) is 0.118. The highest BCUT2D eigenvalue weighted by molar-refractivity contribution is 7.98. The van der Waals surface area contributed by atoms with Gasteiger partial charge >= 0.3 is 0 Å². The van der Waals surface area contributed by atoms with E-state index in [4.69, 9.17) is 0 Å². The number of benzene rings is 2. The van der Waals surface area contributed by atoms with E-state index in [0.29, 0.717) is 11.2 Å². The molecule has 0 bridgehead atoms. The monoisotopic (exact) mass is 343 g/mol. The highest BCUT2D eigenvalue weighted by Crippen LogP contribution is 2.17. The van der Waals surface area contributed by atoms with Gasteiger partial charge in [0.1, 0.15) is 12.4 Å². The van der Waals surface area contributed by atoms with Crippen molar-refractivity contribution < 1.29 is 9.18 Å². The summed E-state index contributed by atoms with van der Waals surface area (Å²) in [6, 6.07) is 11.2. The van der Waals surface area contributed by atoms with E-state index in [0.717, 1.165) is 15.5 Å². The zero-order valence-corrected chi connectivity index (χ0v) is 13.6. The summed E-state index contributed by atoms with van der Waals surface area (Å²) in [4.78, 5) is 29.6. The van der Waals surface area contributed by atoms with Gasteiger partial charge in [-0.15, -0.1) is 11.8 Å².